The quantitative estimate of drug-likeness (QED) is 0.878. The smallest absolute Gasteiger partial charge is 0.326 e. The molecule has 0 unspecified atom stereocenters. The Bertz CT molecular complexity index is 515. The minimum Gasteiger partial charge on any atom is -0.480 e. The highest BCUT2D eigenvalue weighted by atomic mass is 35.5. The third-order valence-electron chi connectivity index (χ3n) is 3.00. The van der Waals surface area contributed by atoms with E-state index in [9.17, 15) is 9.59 Å². The molecule has 102 valence electrons. The molecule has 1 aliphatic carbocycles. The molecule has 0 spiro atoms. The normalized spacial score (nSPS) is 15.9. The molecule has 0 aromatic heterocycles. The van der Waals surface area contributed by atoms with Crippen LogP contribution in [0.2, 0.25) is 10.0 Å². The van der Waals surface area contributed by atoms with Gasteiger partial charge < -0.3 is 10.4 Å². The van der Waals surface area contributed by atoms with E-state index in [1.165, 1.54) is 0 Å². The highest BCUT2D eigenvalue weighted by Gasteiger charge is 2.32. The lowest BCUT2D eigenvalue weighted by atomic mass is 10.1. The Morgan fingerprint density at radius 3 is 2.58 bits per heavy atom. The lowest BCUT2D eigenvalue weighted by molar-refractivity contribution is -0.142. The zero-order valence-corrected chi connectivity index (χ0v) is 11.5. The number of amides is 1. The summed E-state index contributed by atoms with van der Waals surface area (Å²) in [5, 5.41) is 12.6. The molecule has 0 radical (unpaired) electrons. The average molecular weight is 302 g/mol. The fourth-order valence-electron chi connectivity index (χ4n) is 1.74. The number of carboxylic acids is 1. The maximum Gasteiger partial charge on any atom is 0.326 e. The van der Waals surface area contributed by atoms with Crippen LogP contribution in [0.3, 0.4) is 0 Å². The van der Waals surface area contributed by atoms with Crippen LogP contribution >= 0.6 is 23.2 Å². The predicted octanol–water partition coefficient (Wildman–Crippen LogP) is 2.52. The van der Waals surface area contributed by atoms with Gasteiger partial charge in [-0.25, -0.2) is 4.79 Å². The van der Waals surface area contributed by atoms with Crippen molar-refractivity contribution in [3.05, 3.63) is 33.8 Å². The van der Waals surface area contributed by atoms with Crippen molar-refractivity contribution < 1.29 is 14.7 Å². The van der Waals surface area contributed by atoms with Crippen molar-refractivity contribution in [2.75, 3.05) is 0 Å². The summed E-state index contributed by atoms with van der Waals surface area (Å²) in [6, 6.07) is 3.90. The first-order chi connectivity index (χ1) is 8.97. The maximum absolute atomic E-state index is 11.6. The van der Waals surface area contributed by atoms with Gasteiger partial charge in [0.15, 0.2) is 0 Å². The summed E-state index contributed by atoms with van der Waals surface area (Å²) in [6.07, 6.45) is 1.81. The van der Waals surface area contributed by atoms with Crippen molar-refractivity contribution in [3.8, 4) is 0 Å². The highest BCUT2D eigenvalue weighted by Crippen LogP contribution is 2.29. The molecule has 1 aliphatic rings. The summed E-state index contributed by atoms with van der Waals surface area (Å²) in [4.78, 5) is 22.8. The molecular formula is C13H13Cl2NO3. The molecule has 0 bridgehead atoms. The number of carbonyl (C=O) groups excluding carboxylic acids is 1. The molecule has 1 fully saturated rings. The third kappa shape index (κ3) is 3.85. The second-order valence-electron chi connectivity index (χ2n) is 4.61. The highest BCUT2D eigenvalue weighted by molar-refractivity contribution is 6.35. The van der Waals surface area contributed by atoms with Gasteiger partial charge in [0.25, 0.3) is 0 Å². The van der Waals surface area contributed by atoms with Crippen LogP contribution < -0.4 is 5.32 Å². The first kappa shape index (κ1) is 14.2. The number of hydrogen-bond acceptors (Lipinski definition) is 2. The first-order valence-electron chi connectivity index (χ1n) is 5.94. The van der Waals surface area contributed by atoms with Crippen LogP contribution in [0.4, 0.5) is 0 Å². The van der Waals surface area contributed by atoms with Gasteiger partial charge in [-0.1, -0.05) is 29.3 Å². The molecule has 0 saturated heterocycles. The maximum atomic E-state index is 11.6. The van der Waals surface area contributed by atoms with Crippen LogP contribution in [0.5, 0.6) is 0 Å². The van der Waals surface area contributed by atoms with Crippen molar-refractivity contribution in [1.29, 1.82) is 0 Å². The van der Waals surface area contributed by atoms with Crippen LogP contribution in [0.15, 0.2) is 18.2 Å². The molecule has 1 atom stereocenters. The van der Waals surface area contributed by atoms with Crippen molar-refractivity contribution in [1.82, 2.24) is 5.32 Å². The molecule has 19 heavy (non-hydrogen) atoms. The Balaban J connectivity index is 2.07. The first-order valence-corrected chi connectivity index (χ1v) is 6.70. The summed E-state index contributed by atoms with van der Waals surface area (Å²) in [5.74, 6) is -1.29. The predicted molar refractivity (Wildman–Crippen MR) is 72.5 cm³/mol. The third-order valence-corrected chi connectivity index (χ3v) is 3.59. The van der Waals surface area contributed by atoms with Gasteiger partial charge in [-0.2, -0.15) is 0 Å². The SMILES string of the molecule is O=C(N[C@@H](Cc1ccc(Cl)cc1Cl)C(=O)O)C1CC1. The van der Waals surface area contributed by atoms with E-state index in [-0.39, 0.29) is 18.2 Å². The fourth-order valence-corrected chi connectivity index (χ4v) is 2.23. The van der Waals surface area contributed by atoms with Crippen molar-refractivity contribution in [2.24, 2.45) is 5.92 Å². The van der Waals surface area contributed by atoms with Gasteiger partial charge in [0.05, 0.1) is 0 Å². The summed E-state index contributed by atoms with van der Waals surface area (Å²) in [6.45, 7) is 0. The van der Waals surface area contributed by atoms with E-state index in [4.69, 9.17) is 28.3 Å². The summed E-state index contributed by atoms with van der Waals surface area (Å²) < 4.78 is 0. The largest absolute Gasteiger partial charge is 0.480 e. The number of carboxylic acid groups (broad SMARTS) is 1. The second-order valence-corrected chi connectivity index (χ2v) is 5.46. The van der Waals surface area contributed by atoms with Gasteiger partial charge in [0.1, 0.15) is 6.04 Å². The van der Waals surface area contributed by atoms with Crippen molar-refractivity contribution >= 4 is 35.1 Å². The molecule has 4 nitrogen and oxygen atoms in total. The summed E-state index contributed by atoms with van der Waals surface area (Å²) in [7, 11) is 0. The molecular weight excluding hydrogens is 289 g/mol. The molecule has 2 rings (SSSR count). The Hall–Kier alpha value is -1.26. The van der Waals surface area contributed by atoms with E-state index < -0.39 is 12.0 Å². The number of benzene rings is 1. The molecule has 1 aromatic carbocycles. The Morgan fingerprint density at radius 1 is 1.37 bits per heavy atom. The van der Waals surface area contributed by atoms with Crippen LogP contribution in [0, 0.1) is 5.92 Å². The number of rotatable bonds is 5. The average Bonchev–Trinajstić information content (AvgIpc) is 3.15. The van der Waals surface area contributed by atoms with Crippen molar-refractivity contribution in [3.63, 3.8) is 0 Å². The van der Waals surface area contributed by atoms with E-state index in [1.54, 1.807) is 18.2 Å². The molecule has 1 amide bonds. The number of hydrogen-bond donors (Lipinski definition) is 2. The number of aliphatic carboxylic acids is 1. The van der Waals surface area contributed by atoms with E-state index >= 15 is 0 Å². The number of carbonyl (C=O) groups is 2. The molecule has 0 heterocycles. The van der Waals surface area contributed by atoms with Gasteiger partial charge >= 0.3 is 5.97 Å². The minimum absolute atomic E-state index is 0.0254. The van der Waals surface area contributed by atoms with Gasteiger partial charge in [-0.05, 0) is 30.5 Å². The Morgan fingerprint density at radius 2 is 2.05 bits per heavy atom. The zero-order chi connectivity index (χ0) is 14.0. The number of nitrogens with one attached hydrogen (secondary N) is 1. The van der Waals surface area contributed by atoms with Crippen molar-refractivity contribution in [2.45, 2.75) is 25.3 Å². The van der Waals surface area contributed by atoms with Crippen LogP contribution in [0.1, 0.15) is 18.4 Å². The van der Waals surface area contributed by atoms with Crippen LogP contribution in [0.25, 0.3) is 0 Å². The topological polar surface area (TPSA) is 66.4 Å². The van der Waals surface area contributed by atoms with E-state index in [2.05, 4.69) is 5.32 Å². The van der Waals surface area contributed by atoms with E-state index in [0.717, 1.165) is 12.8 Å². The van der Waals surface area contributed by atoms with Crippen LogP contribution in [-0.4, -0.2) is 23.0 Å². The second kappa shape index (κ2) is 5.80. The lowest BCUT2D eigenvalue weighted by Crippen LogP contribution is -2.43. The Kier molecular flexibility index (Phi) is 4.32. The van der Waals surface area contributed by atoms with E-state index in [1.807, 2.05) is 0 Å². The van der Waals surface area contributed by atoms with Gasteiger partial charge in [-0.3, -0.25) is 4.79 Å². The molecule has 0 aliphatic heterocycles. The Labute approximate surface area is 120 Å². The summed E-state index contributed by atoms with van der Waals surface area (Å²) >= 11 is 11.8. The van der Waals surface area contributed by atoms with E-state index in [0.29, 0.717) is 15.6 Å². The van der Waals surface area contributed by atoms with Crippen LogP contribution in [-0.2, 0) is 16.0 Å². The standard InChI is InChI=1S/C13H13Cl2NO3/c14-9-4-3-8(10(15)6-9)5-11(13(18)19)16-12(17)7-1-2-7/h3-4,6-7,11H,1-2,5H2,(H,16,17)(H,18,19)/t11-/m0/s1. The molecule has 1 saturated carbocycles. The fraction of sp³-hybridized carbons (Fsp3) is 0.385. The summed E-state index contributed by atoms with van der Waals surface area (Å²) in [5.41, 5.74) is 0.648. The lowest BCUT2D eigenvalue weighted by Gasteiger charge is -2.15. The number of halogens is 2. The monoisotopic (exact) mass is 301 g/mol. The van der Waals surface area contributed by atoms with Gasteiger partial charge in [0, 0.05) is 22.4 Å². The zero-order valence-electron chi connectivity index (χ0n) is 10.0. The molecule has 6 heteroatoms. The van der Waals surface area contributed by atoms with Gasteiger partial charge in [-0.15, -0.1) is 0 Å². The molecule has 1 aromatic rings. The molecule has 2 N–H and O–H groups in total. The minimum atomic E-state index is -1.07. The van der Waals surface area contributed by atoms with Gasteiger partial charge in [0.2, 0.25) is 5.91 Å².